The molecule has 4 aromatic rings. The van der Waals surface area contributed by atoms with Crippen molar-refractivity contribution in [2.75, 3.05) is 0 Å². The third-order valence-corrected chi connectivity index (χ3v) is 5.22. The maximum absolute atomic E-state index is 13.7. The summed E-state index contributed by atoms with van der Waals surface area (Å²) >= 11 is 0. The largest absolute Gasteiger partial charge is 0.455 e. The molecule has 0 aliphatic heterocycles. The first-order chi connectivity index (χ1) is 14.2. The Hall–Kier alpha value is -3.61. The number of aromatic nitrogens is 3. The van der Waals surface area contributed by atoms with Crippen LogP contribution < -0.4 is 15.9 Å². The number of nitrogens with one attached hydrogen (secondary N) is 1. The van der Waals surface area contributed by atoms with Gasteiger partial charge in [-0.15, -0.1) is 0 Å². The molecule has 0 amide bonds. The van der Waals surface area contributed by atoms with Gasteiger partial charge in [0.2, 0.25) is 0 Å². The third-order valence-electron chi connectivity index (χ3n) is 5.22. The van der Waals surface area contributed by atoms with Crippen LogP contribution in [0, 0.1) is 26.6 Å². The zero-order valence-corrected chi connectivity index (χ0v) is 17.5. The predicted octanol–water partition coefficient (Wildman–Crippen LogP) is 4.09. The van der Waals surface area contributed by atoms with Crippen molar-refractivity contribution in [3.63, 3.8) is 0 Å². The summed E-state index contributed by atoms with van der Waals surface area (Å²) in [6.07, 6.45) is 3.31. The maximum Gasteiger partial charge on any atom is 0.274 e. The fourth-order valence-corrected chi connectivity index (χ4v) is 3.75. The van der Waals surface area contributed by atoms with Crippen molar-refractivity contribution in [1.82, 2.24) is 14.1 Å². The molecule has 0 unspecified atom stereocenters. The van der Waals surface area contributed by atoms with Crippen molar-refractivity contribution < 1.29 is 9.13 Å². The zero-order chi connectivity index (χ0) is 21.7. The minimum atomic E-state index is -0.333. The van der Waals surface area contributed by atoms with Crippen LogP contribution in [0.1, 0.15) is 16.8 Å². The monoisotopic (exact) mass is 407 g/mol. The van der Waals surface area contributed by atoms with Gasteiger partial charge in [-0.3, -0.25) is 9.59 Å². The van der Waals surface area contributed by atoms with Gasteiger partial charge in [-0.2, -0.15) is 0 Å². The molecule has 154 valence electrons. The number of aryl methyl sites for hydroxylation is 5. The molecule has 1 aromatic carbocycles. The van der Waals surface area contributed by atoms with Gasteiger partial charge >= 0.3 is 0 Å². The van der Waals surface area contributed by atoms with Crippen LogP contribution in [0.4, 0.5) is 4.39 Å². The Kier molecular flexibility index (Phi) is 4.61. The fourth-order valence-electron chi connectivity index (χ4n) is 3.75. The number of fused-ring (bicyclic) bond motifs is 1. The van der Waals surface area contributed by atoms with Crippen molar-refractivity contribution in [3.05, 3.63) is 80.0 Å². The van der Waals surface area contributed by atoms with Crippen molar-refractivity contribution in [3.8, 4) is 22.6 Å². The van der Waals surface area contributed by atoms with E-state index in [1.54, 1.807) is 40.3 Å². The Bertz CT molecular complexity index is 1400. The molecular formula is C23H22FN3O3. The number of halogens is 1. The molecule has 6 nitrogen and oxygen atoms in total. The third kappa shape index (κ3) is 3.22. The molecule has 0 spiro atoms. The second-order valence-corrected chi connectivity index (χ2v) is 7.67. The SMILES string of the molecule is Cc1cc2c(-c3cc(=O)n(C)cc3Oc3c(C)cc(F)cc3C)cn(C)c(=O)c2[nH]1. The van der Waals surface area contributed by atoms with Crippen LogP contribution in [-0.4, -0.2) is 14.1 Å². The molecule has 0 fully saturated rings. The van der Waals surface area contributed by atoms with Crippen LogP contribution in [0.2, 0.25) is 0 Å². The Morgan fingerprint density at radius 1 is 0.900 bits per heavy atom. The highest BCUT2D eigenvalue weighted by atomic mass is 19.1. The van der Waals surface area contributed by atoms with E-state index >= 15 is 0 Å². The van der Waals surface area contributed by atoms with Crippen LogP contribution in [0.5, 0.6) is 11.5 Å². The first-order valence-corrected chi connectivity index (χ1v) is 9.50. The molecule has 1 N–H and O–H groups in total. The molecule has 7 heteroatoms. The standard InChI is InChI=1S/C23H22FN3O3/c1-12-6-15(24)7-13(2)22(12)30-19-11-26(4)20(28)9-16(19)18-10-27(5)23(29)21-17(18)8-14(3)25-21/h6-11,25H,1-5H3. The van der Waals surface area contributed by atoms with E-state index in [1.165, 1.54) is 27.3 Å². The normalized spacial score (nSPS) is 11.3. The van der Waals surface area contributed by atoms with E-state index in [1.807, 2.05) is 13.0 Å². The van der Waals surface area contributed by atoms with Crippen molar-refractivity contribution in [1.29, 1.82) is 0 Å². The molecule has 3 aromatic heterocycles. The number of aromatic amines is 1. The summed E-state index contributed by atoms with van der Waals surface area (Å²) in [5, 5.41) is 0.709. The molecule has 3 heterocycles. The van der Waals surface area contributed by atoms with Gasteiger partial charge < -0.3 is 18.9 Å². The van der Waals surface area contributed by atoms with Gasteiger partial charge in [-0.1, -0.05) is 0 Å². The first-order valence-electron chi connectivity index (χ1n) is 9.50. The van der Waals surface area contributed by atoms with E-state index in [4.69, 9.17) is 4.74 Å². The summed E-state index contributed by atoms with van der Waals surface area (Å²) in [4.78, 5) is 28.1. The summed E-state index contributed by atoms with van der Waals surface area (Å²) < 4.78 is 22.8. The van der Waals surface area contributed by atoms with Crippen LogP contribution in [0.15, 0.2) is 46.2 Å². The summed E-state index contributed by atoms with van der Waals surface area (Å²) in [7, 11) is 3.30. The fraction of sp³-hybridized carbons (Fsp3) is 0.217. The average molecular weight is 407 g/mol. The van der Waals surface area contributed by atoms with Crippen molar-refractivity contribution >= 4 is 10.9 Å². The number of benzene rings is 1. The first kappa shape index (κ1) is 19.7. The van der Waals surface area contributed by atoms with Crippen LogP contribution in [-0.2, 0) is 14.1 Å². The van der Waals surface area contributed by atoms with E-state index in [-0.39, 0.29) is 16.9 Å². The summed E-state index contributed by atoms with van der Waals surface area (Å²) in [6.45, 7) is 5.41. The molecule has 0 saturated carbocycles. The lowest BCUT2D eigenvalue weighted by Crippen LogP contribution is -2.18. The van der Waals surface area contributed by atoms with Gasteiger partial charge in [0.15, 0.2) is 5.75 Å². The molecule has 0 saturated heterocycles. The number of H-pyrrole nitrogens is 1. The molecule has 0 bridgehead atoms. The maximum atomic E-state index is 13.7. The molecule has 0 aliphatic rings. The molecule has 30 heavy (non-hydrogen) atoms. The lowest BCUT2D eigenvalue weighted by atomic mass is 10.0. The van der Waals surface area contributed by atoms with Crippen LogP contribution >= 0.6 is 0 Å². The van der Waals surface area contributed by atoms with E-state index in [0.29, 0.717) is 44.7 Å². The van der Waals surface area contributed by atoms with E-state index in [2.05, 4.69) is 4.98 Å². The smallest absolute Gasteiger partial charge is 0.274 e. The molecular weight excluding hydrogens is 385 g/mol. The number of hydrogen-bond acceptors (Lipinski definition) is 3. The Labute approximate surface area is 172 Å². The number of rotatable bonds is 3. The van der Waals surface area contributed by atoms with Crippen molar-refractivity contribution in [2.24, 2.45) is 14.1 Å². The summed E-state index contributed by atoms with van der Waals surface area (Å²) in [6, 6.07) is 6.18. The van der Waals surface area contributed by atoms with Gasteiger partial charge in [-0.25, -0.2) is 4.39 Å². The minimum Gasteiger partial charge on any atom is -0.455 e. The van der Waals surface area contributed by atoms with Gasteiger partial charge in [0.05, 0.1) is 6.20 Å². The Morgan fingerprint density at radius 3 is 2.23 bits per heavy atom. The number of nitrogens with zero attached hydrogens (tertiary/aromatic N) is 2. The predicted molar refractivity (Wildman–Crippen MR) is 115 cm³/mol. The topological polar surface area (TPSA) is 69.0 Å². The average Bonchev–Trinajstić information content (AvgIpc) is 3.06. The number of hydrogen-bond donors (Lipinski definition) is 1. The van der Waals surface area contributed by atoms with Gasteiger partial charge in [-0.05, 0) is 50.1 Å². The molecule has 0 radical (unpaired) electrons. The lowest BCUT2D eigenvalue weighted by Gasteiger charge is -2.17. The van der Waals surface area contributed by atoms with E-state index in [0.717, 1.165) is 5.69 Å². The Morgan fingerprint density at radius 2 is 1.57 bits per heavy atom. The molecule has 0 atom stereocenters. The summed E-state index contributed by atoms with van der Waals surface area (Å²) in [5.41, 5.74) is 3.49. The highest BCUT2D eigenvalue weighted by Gasteiger charge is 2.18. The van der Waals surface area contributed by atoms with Crippen LogP contribution in [0.25, 0.3) is 22.0 Å². The van der Waals surface area contributed by atoms with E-state index in [9.17, 15) is 14.0 Å². The molecule has 4 rings (SSSR count). The second-order valence-electron chi connectivity index (χ2n) is 7.67. The Balaban J connectivity index is 2.01. The van der Waals surface area contributed by atoms with Gasteiger partial charge in [0.25, 0.3) is 11.1 Å². The number of ether oxygens (including phenoxy) is 1. The summed E-state index contributed by atoms with van der Waals surface area (Å²) in [5.74, 6) is 0.636. The second kappa shape index (κ2) is 7.02. The van der Waals surface area contributed by atoms with E-state index < -0.39 is 0 Å². The quantitative estimate of drug-likeness (QED) is 0.556. The highest BCUT2D eigenvalue weighted by molar-refractivity contribution is 5.96. The molecule has 0 aliphatic carbocycles. The zero-order valence-electron chi connectivity index (χ0n) is 17.5. The van der Waals surface area contributed by atoms with Gasteiger partial charge in [0.1, 0.15) is 17.1 Å². The number of pyridine rings is 2. The highest BCUT2D eigenvalue weighted by Crippen LogP contribution is 2.37. The van der Waals surface area contributed by atoms with Crippen molar-refractivity contribution in [2.45, 2.75) is 20.8 Å². The lowest BCUT2D eigenvalue weighted by molar-refractivity contribution is 0.468. The van der Waals surface area contributed by atoms with Gasteiger partial charge in [0, 0.05) is 48.6 Å². The van der Waals surface area contributed by atoms with Crippen LogP contribution in [0.3, 0.4) is 0 Å². The minimum absolute atomic E-state index is 0.154.